The summed E-state index contributed by atoms with van der Waals surface area (Å²) < 4.78 is 5.64. The lowest BCUT2D eigenvalue weighted by atomic mass is 9.66. The largest absolute Gasteiger partial charge is 0.369 e. The van der Waals surface area contributed by atoms with E-state index in [0.717, 1.165) is 18.4 Å². The quantitative estimate of drug-likeness (QED) is 0.432. The van der Waals surface area contributed by atoms with Gasteiger partial charge >= 0.3 is 0 Å². The van der Waals surface area contributed by atoms with Crippen LogP contribution in [0.15, 0.2) is 54.1 Å². The summed E-state index contributed by atoms with van der Waals surface area (Å²) in [5, 5.41) is 0. The maximum absolute atomic E-state index is 13.0. The van der Waals surface area contributed by atoms with Crippen LogP contribution < -0.4 is 0 Å². The van der Waals surface area contributed by atoms with Crippen LogP contribution in [0.25, 0.3) is 0 Å². The van der Waals surface area contributed by atoms with Crippen LogP contribution in [-0.2, 0) is 20.9 Å². The topological polar surface area (TPSA) is 43.4 Å². The molecule has 1 aromatic rings. The van der Waals surface area contributed by atoms with Gasteiger partial charge in [0.25, 0.3) is 0 Å². The molecule has 0 aliphatic heterocycles. The molecule has 1 aliphatic rings. The van der Waals surface area contributed by atoms with E-state index in [-0.39, 0.29) is 30.1 Å². The van der Waals surface area contributed by atoms with Gasteiger partial charge in [-0.3, -0.25) is 9.59 Å². The number of ether oxygens (including phenoxy) is 1. The molecule has 0 radical (unpaired) electrons. The molecular formula is C27H38O3. The molecule has 5 atom stereocenters. The van der Waals surface area contributed by atoms with Gasteiger partial charge in [0.1, 0.15) is 12.4 Å². The van der Waals surface area contributed by atoms with E-state index in [1.165, 1.54) is 5.57 Å². The van der Waals surface area contributed by atoms with Gasteiger partial charge in [0.2, 0.25) is 0 Å². The number of hydrogen-bond acceptors (Lipinski definition) is 3. The zero-order valence-electron chi connectivity index (χ0n) is 19.3. The zero-order valence-corrected chi connectivity index (χ0v) is 19.3. The Bertz CT molecular complexity index is 743. The molecule has 3 nitrogen and oxygen atoms in total. The van der Waals surface area contributed by atoms with Crippen molar-refractivity contribution in [3.8, 4) is 0 Å². The molecule has 0 saturated heterocycles. The van der Waals surface area contributed by atoms with Gasteiger partial charge in [-0.05, 0) is 50.5 Å². The molecule has 2 rings (SSSR count). The first-order chi connectivity index (χ1) is 14.3. The van der Waals surface area contributed by atoms with Gasteiger partial charge in [-0.15, -0.1) is 0 Å². The molecule has 0 N–H and O–H groups in total. The van der Waals surface area contributed by atoms with Crippen molar-refractivity contribution in [3.05, 3.63) is 59.7 Å². The SMILES string of the molecule is CC(C)=C/C=C/[C@@H](C)C1CC[C@H](C)C(=O)C1CC(C)C(=O)COCc1ccccc1. The number of rotatable bonds is 10. The van der Waals surface area contributed by atoms with Crippen molar-refractivity contribution in [2.24, 2.45) is 29.6 Å². The van der Waals surface area contributed by atoms with Crippen LogP contribution >= 0.6 is 0 Å². The Balaban J connectivity index is 1.96. The first-order valence-electron chi connectivity index (χ1n) is 11.3. The minimum atomic E-state index is -0.170. The van der Waals surface area contributed by atoms with Crippen LogP contribution in [0, 0.1) is 29.6 Å². The monoisotopic (exact) mass is 410 g/mol. The molecule has 0 bridgehead atoms. The Morgan fingerprint density at radius 2 is 1.87 bits per heavy atom. The summed E-state index contributed by atoms with van der Waals surface area (Å²) in [4.78, 5) is 25.7. The van der Waals surface area contributed by atoms with Gasteiger partial charge in [0.15, 0.2) is 5.78 Å². The van der Waals surface area contributed by atoms with Gasteiger partial charge < -0.3 is 4.74 Å². The summed E-state index contributed by atoms with van der Waals surface area (Å²) >= 11 is 0. The molecule has 0 amide bonds. The molecule has 30 heavy (non-hydrogen) atoms. The number of carbonyl (C=O) groups excluding carboxylic acids is 2. The predicted octanol–water partition coefficient (Wildman–Crippen LogP) is 6.19. The lowest BCUT2D eigenvalue weighted by Gasteiger charge is -2.37. The van der Waals surface area contributed by atoms with E-state index in [4.69, 9.17) is 4.74 Å². The highest BCUT2D eigenvalue weighted by Gasteiger charge is 2.39. The van der Waals surface area contributed by atoms with Crippen molar-refractivity contribution >= 4 is 11.6 Å². The van der Waals surface area contributed by atoms with E-state index in [2.05, 4.69) is 39.0 Å². The summed E-state index contributed by atoms with van der Waals surface area (Å²) in [7, 11) is 0. The van der Waals surface area contributed by atoms with Crippen LogP contribution in [0.3, 0.4) is 0 Å². The zero-order chi connectivity index (χ0) is 22.1. The number of carbonyl (C=O) groups is 2. The maximum Gasteiger partial charge on any atom is 0.161 e. The second kappa shape index (κ2) is 12.0. The van der Waals surface area contributed by atoms with Crippen LogP contribution in [0.4, 0.5) is 0 Å². The first-order valence-corrected chi connectivity index (χ1v) is 11.3. The van der Waals surface area contributed by atoms with E-state index >= 15 is 0 Å². The lowest BCUT2D eigenvalue weighted by Crippen LogP contribution is -2.38. The maximum atomic E-state index is 13.0. The number of allylic oxidation sites excluding steroid dienone is 4. The van der Waals surface area contributed by atoms with Crippen molar-refractivity contribution < 1.29 is 14.3 Å². The number of benzene rings is 1. The van der Waals surface area contributed by atoms with Gasteiger partial charge in [-0.25, -0.2) is 0 Å². The first kappa shape index (κ1) is 24.3. The Morgan fingerprint density at radius 3 is 2.53 bits per heavy atom. The third-order valence-corrected chi connectivity index (χ3v) is 6.33. The van der Waals surface area contributed by atoms with Gasteiger partial charge in [-0.1, -0.05) is 74.9 Å². The molecular weight excluding hydrogens is 372 g/mol. The molecule has 164 valence electrons. The van der Waals surface area contributed by atoms with Gasteiger partial charge in [-0.2, -0.15) is 0 Å². The van der Waals surface area contributed by atoms with E-state index in [0.29, 0.717) is 30.6 Å². The standard InChI is InChI=1S/C27H38O3/c1-19(2)10-9-11-20(3)24-15-14-21(4)27(29)25(24)16-22(5)26(28)18-30-17-23-12-7-6-8-13-23/h6-13,20-22,24-25H,14-18H2,1-5H3/b11-9+/t20-,21+,22?,24?,25?/m1/s1. The minimum absolute atomic E-state index is 0.0480. The normalized spacial score (nSPS) is 23.9. The predicted molar refractivity (Wildman–Crippen MR) is 123 cm³/mol. The molecule has 1 aromatic carbocycles. The van der Waals surface area contributed by atoms with Crippen molar-refractivity contribution in [2.75, 3.05) is 6.61 Å². The van der Waals surface area contributed by atoms with E-state index in [1.807, 2.05) is 44.2 Å². The van der Waals surface area contributed by atoms with Crippen molar-refractivity contribution in [2.45, 2.75) is 60.5 Å². The van der Waals surface area contributed by atoms with Gasteiger partial charge in [0, 0.05) is 17.8 Å². The molecule has 3 unspecified atom stereocenters. The fraction of sp³-hybridized carbons (Fsp3) is 0.556. The third-order valence-electron chi connectivity index (χ3n) is 6.33. The average molecular weight is 411 g/mol. The molecule has 3 heteroatoms. The molecule has 0 heterocycles. The molecule has 0 aromatic heterocycles. The number of ketones is 2. The van der Waals surface area contributed by atoms with E-state index < -0.39 is 0 Å². The summed E-state index contributed by atoms with van der Waals surface area (Å²) in [6.45, 7) is 10.9. The van der Waals surface area contributed by atoms with Gasteiger partial charge in [0.05, 0.1) is 6.61 Å². The van der Waals surface area contributed by atoms with E-state index in [9.17, 15) is 9.59 Å². The Labute approximate surface area is 182 Å². The second-order valence-electron chi connectivity index (χ2n) is 9.22. The number of Topliss-reactive ketones (excluding diaryl/α,β-unsaturated/α-hetero) is 2. The summed E-state index contributed by atoms with van der Waals surface area (Å²) in [6.07, 6.45) is 9.04. The molecule has 0 spiro atoms. The Morgan fingerprint density at radius 1 is 1.17 bits per heavy atom. The highest BCUT2D eigenvalue weighted by atomic mass is 16.5. The third kappa shape index (κ3) is 7.36. The lowest BCUT2D eigenvalue weighted by molar-refractivity contribution is -0.134. The van der Waals surface area contributed by atoms with Crippen LogP contribution in [-0.4, -0.2) is 18.2 Å². The van der Waals surface area contributed by atoms with E-state index in [1.54, 1.807) is 0 Å². The highest BCUT2D eigenvalue weighted by molar-refractivity contribution is 5.86. The minimum Gasteiger partial charge on any atom is -0.369 e. The summed E-state index contributed by atoms with van der Waals surface area (Å²) in [6, 6.07) is 9.87. The van der Waals surface area contributed by atoms with Crippen molar-refractivity contribution in [1.29, 1.82) is 0 Å². The van der Waals surface area contributed by atoms with Crippen molar-refractivity contribution in [3.63, 3.8) is 0 Å². The average Bonchev–Trinajstić information content (AvgIpc) is 2.71. The Kier molecular flexibility index (Phi) is 9.71. The summed E-state index contributed by atoms with van der Waals surface area (Å²) in [5.74, 6) is 0.915. The molecule has 1 aliphatic carbocycles. The highest BCUT2D eigenvalue weighted by Crippen LogP contribution is 2.39. The van der Waals surface area contributed by atoms with Crippen LogP contribution in [0.1, 0.15) is 59.4 Å². The fourth-order valence-electron chi connectivity index (χ4n) is 4.35. The van der Waals surface area contributed by atoms with Crippen molar-refractivity contribution in [1.82, 2.24) is 0 Å². The Hall–Kier alpha value is -2.00. The second-order valence-corrected chi connectivity index (χ2v) is 9.22. The fourth-order valence-corrected chi connectivity index (χ4v) is 4.35. The molecule has 1 fully saturated rings. The molecule has 1 saturated carbocycles. The van der Waals surface area contributed by atoms with Crippen LogP contribution in [0.5, 0.6) is 0 Å². The van der Waals surface area contributed by atoms with Crippen LogP contribution in [0.2, 0.25) is 0 Å². The smallest absolute Gasteiger partial charge is 0.161 e. The number of hydrogen-bond donors (Lipinski definition) is 0. The summed E-state index contributed by atoms with van der Waals surface area (Å²) in [5.41, 5.74) is 2.32.